The molecule has 1 aliphatic rings. The van der Waals surface area contributed by atoms with Crippen molar-refractivity contribution in [3.05, 3.63) is 35.9 Å². The predicted molar refractivity (Wildman–Crippen MR) is 79.2 cm³/mol. The van der Waals surface area contributed by atoms with Crippen molar-refractivity contribution in [2.75, 3.05) is 19.7 Å². The molecule has 1 saturated heterocycles. The summed E-state index contributed by atoms with van der Waals surface area (Å²) < 4.78 is 5.72. The maximum absolute atomic E-state index is 5.94. The van der Waals surface area contributed by atoms with Crippen LogP contribution in [0.5, 0.6) is 0 Å². The van der Waals surface area contributed by atoms with Crippen LogP contribution in [0.1, 0.15) is 25.8 Å². The summed E-state index contributed by atoms with van der Waals surface area (Å²) in [5, 5.41) is 0. The molecule has 1 aromatic carbocycles. The number of hydrogen-bond acceptors (Lipinski definition) is 3. The summed E-state index contributed by atoms with van der Waals surface area (Å²) in [4.78, 5) is 2.51. The van der Waals surface area contributed by atoms with Gasteiger partial charge < -0.3 is 10.5 Å². The fourth-order valence-corrected chi connectivity index (χ4v) is 2.62. The molecule has 3 atom stereocenters. The molecular weight excluding hydrogens is 236 g/mol. The zero-order valence-electron chi connectivity index (χ0n) is 12.1. The van der Waals surface area contributed by atoms with Crippen molar-refractivity contribution in [3.63, 3.8) is 0 Å². The highest BCUT2D eigenvalue weighted by atomic mass is 16.5. The Balaban J connectivity index is 1.81. The van der Waals surface area contributed by atoms with E-state index in [4.69, 9.17) is 10.5 Å². The SMILES string of the molecule is CC(N)C1CN(C(C)CCc2ccccc2)CCO1. The maximum Gasteiger partial charge on any atom is 0.0850 e. The molecule has 0 aliphatic carbocycles. The lowest BCUT2D eigenvalue weighted by Crippen LogP contribution is -2.52. The Morgan fingerprint density at radius 3 is 2.74 bits per heavy atom. The average molecular weight is 262 g/mol. The first kappa shape index (κ1) is 14.5. The minimum absolute atomic E-state index is 0.115. The number of nitrogens with zero attached hydrogens (tertiary/aromatic N) is 1. The quantitative estimate of drug-likeness (QED) is 0.882. The first-order valence-corrected chi connectivity index (χ1v) is 7.32. The van der Waals surface area contributed by atoms with Crippen molar-refractivity contribution in [3.8, 4) is 0 Å². The van der Waals surface area contributed by atoms with Crippen LogP contribution in [0.4, 0.5) is 0 Å². The minimum atomic E-state index is 0.115. The van der Waals surface area contributed by atoms with E-state index in [2.05, 4.69) is 42.2 Å². The van der Waals surface area contributed by atoms with E-state index in [0.717, 1.165) is 26.1 Å². The van der Waals surface area contributed by atoms with E-state index in [1.54, 1.807) is 0 Å². The summed E-state index contributed by atoms with van der Waals surface area (Å²) in [5.74, 6) is 0. The number of morpholine rings is 1. The zero-order chi connectivity index (χ0) is 13.7. The number of rotatable bonds is 5. The summed E-state index contributed by atoms with van der Waals surface area (Å²) in [5.41, 5.74) is 7.37. The van der Waals surface area contributed by atoms with Crippen LogP contribution in [0.15, 0.2) is 30.3 Å². The molecule has 2 rings (SSSR count). The summed E-state index contributed by atoms with van der Waals surface area (Å²) in [6.45, 7) is 7.14. The molecule has 1 aliphatic heterocycles. The summed E-state index contributed by atoms with van der Waals surface area (Å²) in [6.07, 6.45) is 2.52. The molecule has 1 fully saturated rings. The molecule has 2 N–H and O–H groups in total. The number of aryl methyl sites for hydroxylation is 1. The van der Waals surface area contributed by atoms with Gasteiger partial charge in [-0.1, -0.05) is 30.3 Å². The van der Waals surface area contributed by atoms with Gasteiger partial charge in [-0.3, -0.25) is 4.90 Å². The second-order valence-corrected chi connectivity index (χ2v) is 5.64. The first-order chi connectivity index (χ1) is 9.16. The Hall–Kier alpha value is -0.900. The monoisotopic (exact) mass is 262 g/mol. The van der Waals surface area contributed by atoms with E-state index >= 15 is 0 Å². The van der Waals surface area contributed by atoms with Gasteiger partial charge in [0.05, 0.1) is 12.7 Å². The average Bonchev–Trinajstić information content (AvgIpc) is 2.46. The third-order valence-electron chi connectivity index (χ3n) is 4.03. The fourth-order valence-electron chi connectivity index (χ4n) is 2.62. The summed E-state index contributed by atoms with van der Waals surface area (Å²) in [6, 6.07) is 11.4. The number of ether oxygens (including phenoxy) is 1. The molecule has 0 saturated carbocycles. The third-order valence-corrected chi connectivity index (χ3v) is 4.03. The van der Waals surface area contributed by atoms with Crippen LogP contribution in [-0.4, -0.2) is 42.8 Å². The van der Waals surface area contributed by atoms with Gasteiger partial charge >= 0.3 is 0 Å². The zero-order valence-corrected chi connectivity index (χ0v) is 12.1. The molecule has 3 unspecified atom stereocenters. The van der Waals surface area contributed by atoms with E-state index in [9.17, 15) is 0 Å². The Bertz CT molecular complexity index is 366. The van der Waals surface area contributed by atoms with Crippen molar-refractivity contribution in [1.29, 1.82) is 0 Å². The van der Waals surface area contributed by atoms with Crippen LogP contribution in [0.2, 0.25) is 0 Å². The second-order valence-electron chi connectivity index (χ2n) is 5.64. The molecule has 0 aromatic heterocycles. The molecule has 19 heavy (non-hydrogen) atoms. The summed E-state index contributed by atoms with van der Waals surface area (Å²) in [7, 11) is 0. The van der Waals surface area contributed by atoms with Crippen LogP contribution >= 0.6 is 0 Å². The van der Waals surface area contributed by atoms with Crippen molar-refractivity contribution in [2.45, 2.75) is 44.9 Å². The van der Waals surface area contributed by atoms with Crippen LogP contribution < -0.4 is 5.73 Å². The lowest BCUT2D eigenvalue weighted by molar-refractivity contribution is -0.0501. The normalized spacial score (nSPS) is 24.1. The van der Waals surface area contributed by atoms with Gasteiger partial charge in [0.1, 0.15) is 0 Å². The topological polar surface area (TPSA) is 38.5 Å². The Morgan fingerprint density at radius 2 is 2.05 bits per heavy atom. The molecule has 3 nitrogen and oxygen atoms in total. The van der Waals surface area contributed by atoms with Crippen molar-refractivity contribution < 1.29 is 4.74 Å². The lowest BCUT2D eigenvalue weighted by Gasteiger charge is -2.38. The number of benzene rings is 1. The lowest BCUT2D eigenvalue weighted by atomic mass is 10.0. The second kappa shape index (κ2) is 7.04. The molecular formula is C16H26N2O. The predicted octanol–water partition coefficient (Wildman–Crippen LogP) is 2.06. The van der Waals surface area contributed by atoms with Crippen LogP contribution in [0.3, 0.4) is 0 Å². The van der Waals surface area contributed by atoms with Gasteiger partial charge in [0.25, 0.3) is 0 Å². The van der Waals surface area contributed by atoms with Crippen LogP contribution in [0, 0.1) is 0 Å². The first-order valence-electron chi connectivity index (χ1n) is 7.32. The van der Waals surface area contributed by atoms with Crippen LogP contribution in [-0.2, 0) is 11.2 Å². The maximum atomic E-state index is 5.94. The molecule has 106 valence electrons. The van der Waals surface area contributed by atoms with E-state index in [-0.39, 0.29) is 12.1 Å². The standard InChI is InChI=1S/C16H26N2O/c1-13(8-9-15-6-4-3-5-7-15)18-10-11-19-16(12-18)14(2)17/h3-7,13-14,16H,8-12,17H2,1-2H3. The molecule has 0 amide bonds. The molecule has 1 aromatic rings. The molecule has 3 heteroatoms. The van der Waals surface area contributed by atoms with Gasteiger partial charge in [-0.05, 0) is 32.3 Å². The van der Waals surface area contributed by atoms with Crippen LogP contribution in [0.25, 0.3) is 0 Å². The van der Waals surface area contributed by atoms with Gasteiger partial charge in [0.15, 0.2) is 0 Å². The molecule has 0 bridgehead atoms. The fraction of sp³-hybridized carbons (Fsp3) is 0.625. The molecule has 0 spiro atoms. The van der Waals surface area contributed by atoms with Gasteiger partial charge in [-0.2, -0.15) is 0 Å². The Morgan fingerprint density at radius 1 is 1.32 bits per heavy atom. The number of nitrogens with two attached hydrogens (primary N) is 1. The van der Waals surface area contributed by atoms with E-state index in [0.29, 0.717) is 6.04 Å². The molecule has 0 radical (unpaired) electrons. The van der Waals surface area contributed by atoms with Crippen molar-refractivity contribution in [1.82, 2.24) is 4.90 Å². The Labute approximate surface area is 116 Å². The minimum Gasteiger partial charge on any atom is -0.374 e. The number of hydrogen-bond donors (Lipinski definition) is 1. The van der Waals surface area contributed by atoms with E-state index < -0.39 is 0 Å². The Kier molecular flexibility index (Phi) is 5.37. The molecule has 1 heterocycles. The van der Waals surface area contributed by atoms with Gasteiger partial charge in [-0.25, -0.2) is 0 Å². The van der Waals surface area contributed by atoms with Gasteiger partial charge in [0, 0.05) is 25.2 Å². The highest BCUT2D eigenvalue weighted by Gasteiger charge is 2.26. The van der Waals surface area contributed by atoms with Crippen molar-refractivity contribution in [2.24, 2.45) is 5.73 Å². The largest absolute Gasteiger partial charge is 0.374 e. The van der Waals surface area contributed by atoms with Crippen molar-refractivity contribution >= 4 is 0 Å². The highest BCUT2D eigenvalue weighted by Crippen LogP contribution is 2.15. The van der Waals surface area contributed by atoms with E-state index in [1.807, 2.05) is 6.92 Å². The third kappa shape index (κ3) is 4.30. The van der Waals surface area contributed by atoms with E-state index in [1.165, 1.54) is 12.0 Å². The highest BCUT2D eigenvalue weighted by molar-refractivity contribution is 5.14. The van der Waals surface area contributed by atoms with Gasteiger partial charge in [0.2, 0.25) is 0 Å². The summed E-state index contributed by atoms with van der Waals surface area (Å²) >= 11 is 0. The smallest absolute Gasteiger partial charge is 0.0850 e. The van der Waals surface area contributed by atoms with Gasteiger partial charge in [-0.15, -0.1) is 0 Å².